The molecule has 5 nitrogen and oxygen atoms in total. The van der Waals surface area contributed by atoms with Crippen molar-refractivity contribution in [1.82, 2.24) is 10.1 Å². The van der Waals surface area contributed by atoms with Crippen LogP contribution in [0.15, 0.2) is 16.0 Å². The summed E-state index contributed by atoms with van der Waals surface area (Å²) < 4.78 is 4.87. The minimum atomic E-state index is -0.135. The first-order valence-corrected chi connectivity index (χ1v) is 6.60. The summed E-state index contributed by atoms with van der Waals surface area (Å²) in [6, 6.07) is 1.68. The number of aromatic nitrogens is 2. The van der Waals surface area contributed by atoms with Crippen molar-refractivity contribution in [2.24, 2.45) is 0 Å². The second-order valence-corrected chi connectivity index (χ2v) is 5.27. The van der Waals surface area contributed by atoms with Crippen LogP contribution >= 0.6 is 11.3 Å². The number of nitrogens with one attached hydrogen (secondary N) is 1. The summed E-state index contributed by atoms with van der Waals surface area (Å²) in [4.78, 5) is 16.2. The molecule has 0 saturated carbocycles. The summed E-state index contributed by atoms with van der Waals surface area (Å²) >= 11 is 1.58. The Labute approximate surface area is 109 Å². The van der Waals surface area contributed by atoms with Crippen LogP contribution in [0.25, 0.3) is 0 Å². The number of carbonyl (C=O) groups is 1. The molecule has 1 N–H and O–H groups in total. The third-order valence-electron chi connectivity index (χ3n) is 2.30. The summed E-state index contributed by atoms with van der Waals surface area (Å²) in [5.41, 5.74) is 0.793. The van der Waals surface area contributed by atoms with Crippen LogP contribution in [0.2, 0.25) is 0 Å². The largest absolute Gasteiger partial charge is 0.360 e. The van der Waals surface area contributed by atoms with E-state index < -0.39 is 0 Å². The second-order valence-electron chi connectivity index (χ2n) is 4.38. The summed E-state index contributed by atoms with van der Waals surface area (Å²) in [7, 11) is 0. The van der Waals surface area contributed by atoms with E-state index in [0.717, 1.165) is 10.7 Å². The first-order valence-electron chi connectivity index (χ1n) is 5.72. The van der Waals surface area contributed by atoms with Crippen molar-refractivity contribution in [2.75, 3.05) is 5.32 Å². The summed E-state index contributed by atoms with van der Waals surface area (Å²) in [6.07, 6.45) is 0.259. The third-order valence-corrected chi connectivity index (χ3v) is 3.49. The van der Waals surface area contributed by atoms with Gasteiger partial charge in [-0.25, -0.2) is 4.98 Å². The molecule has 0 radical (unpaired) electrons. The highest BCUT2D eigenvalue weighted by Crippen LogP contribution is 2.19. The first-order chi connectivity index (χ1) is 8.54. The van der Waals surface area contributed by atoms with E-state index in [-0.39, 0.29) is 12.3 Å². The van der Waals surface area contributed by atoms with Gasteiger partial charge in [-0.1, -0.05) is 19.0 Å². The molecule has 96 valence electrons. The number of nitrogens with zero attached hydrogens (tertiary/aromatic N) is 2. The Morgan fingerprint density at radius 2 is 2.33 bits per heavy atom. The number of amides is 1. The lowest BCUT2D eigenvalue weighted by molar-refractivity contribution is -0.115. The van der Waals surface area contributed by atoms with Gasteiger partial charge in [0.1, 0.15) is 5.76 Å². The lowest BCUT2D eigenvalue weighted by Gasteiger charge is -1.99. The van der Waals surface area contributed by atoms with E-state index in [9.17, 15) is 4.79 Å². The van der Waals surface area contributed by atoms with Gasteiger partial charge >= 0.3 is 0 Å². The molecule has 0 saturated heterocycles. The van der Waals surface area contributed by atoms with Gasteiger partial charge in [0, 0.05) is 17.4 Å². The van der Waals surface area contributed by atoms with Gasteiger partial charge in [0.05, 0.1) is 17.1 Å². The van der Waals surface area contributed by atoms with Crippen molar-refractivity contribution in [1.29, 1.82) is 0 Å². The first kappa shape index (κ1) is 12.8. The lowest BCUT2D eigenvalue weighted by atomic mass is 10.2. The number of hydrogen-bond donors (Lipinski definition) is 1. The zero-order chi connectivity index (χ0) is 13.1. The Balaban J connectivity index is 1.94. The van der Waals surface area contributed by atoms with Crippen LogP contribution in [0.4, 0.5) is 5.82 Å². The average molecular weight is 265 g/mol. The van der Waals surface area contributed by atoms with E-state index in [2.05, 4.69) is 29.3 Å². The van der Waals surface area contributed by atoms with Gasteiger partial charge in [-0.15, -0.1) is 11.3 Å². The highest BCUT2D eigenvalue weighted by atomic mass is 32.1. The third kappa shape index (κ3) is 3.16. The zero-order valence-corrected chi connectivity index (χ0v) is 11.4. The van der Waals surface area contributed by atoms with Gasteiger partial charge in [0.2, 0.25) is 5.91 Å². The molecule has 0 aliphatic carbocycles. The number of thiazole rings is 1. The van der Waals surface area contributed by atoms with Crippen molar-refractivity contribution < 1.29 is 9.32 Å². The molecule has 0 aliphatic rings. The molecule has 2 heterocycles. The number of anilines is 1. The van der Waals surface area contributed by atoms with Crippen molar-refractivity contribution in [3.63, 3.8) is 0 Å². The summed E-state index contributed by atoms with van der Waals surface area (Å²) in [6.45, 7) is 5.94. The molecule has 18 heavy (non-hydrogen) atoms. The molecule has 1 amide bonds. The molecule has 0 aliphatic heterocycles. The van der Waals surface area contributed by atoms with E-state index in [1.54, 1.807) is 24.3 Å². The van der Waals surface area contributed by atoms with Crippen LogP contribution < -0.4 is 5.32 Å². The highest BCUT2D eigenvalue weighted by Gasteiger charge is 2.11. The Bertz CT molecular complexity index is 545. The lowest BCUT2D eigenvalue weighted by Crippen LogP contribution is -2.14. The van der Waals surface area contributed by atoms with Crippen molar-refractivity contribution in [3.05, 3.63) is 27.9 Å². The van der Waals surface area contributed by atoms with Gasteiger partial charge < -0.3 is 9.84 Å². The normalized spacial score (nSPS) is 10.9. The fourth-order valence-electron chi connectivity index (χ4n) is 1.45. The fourth-order valence-corrected chi connectivity index (χ4v) is 2.28. The fraction of sp³-hybridized carbons (Fsp3) is 0.417. The molecular weight excluding hydrogens is 250 g/mol. The monoisotopic (exact) mass is 265 g/mol. The molecule has 0 bridgehead atoms. The molecule has 2 rings (SSSR count). The molecule has 2 aromatic heterocycles. The average Bonchev–Trinajstić information content (AvgIpc) is 2.88. The number of aryl methyl sites for hydroxylation is 1. The maximum atomic E-state index is 11.7. The van der Waals surface area contributed by atoms with E-state index in [0.29, 0.717) is 17.5 Å². The van der Waals surface area contributed by atoms with Crippen LogP contribution in [-0.4, -0.2) is 16.0 Å². The summed E-state index contributed by atoms with van der Waals surface area (Å²) in [5.74, 6) is 1.37. The maximum absolute atomic E-state index is 11.7. The van der Waals surface area contributed by atoms with Gasteiger partial charge in [-0.3, -0.25) is 4.79 Å². The number of carbonyl (C=O) groups excluding carboxylic acids is 1. The molecule has 0 spiro atoms. The zero-order valence-electron chi connectivity index (χ0n) is 10.6. The van der Waals surface area contributed by atoms with E-state index in [1.807, 2.05) is 5.38 Å². The molecular formula is C12H15N3O2S. The van der Waals surface area contributed by atoms with Crippen LogP contribution in [0.5, 0.6) is 0 Å². The molecule has 0 fully saturated rings. The molecule has 6 heteroatoms. The Morgan fingerprint density at radius 1 is 1.56 bits per heavy atom. The Hall–Kier alpha value is -1.69. The van der Waals surface area contributed by atoms with Crippen LogP contribution in [0, 0.1) is 6.92 Å². The van der Waals surface area contributed by atoms with Crippen LogP contribution in [0.3, 0.4) is 0 Å². The molecule has 0 aromatic carbocycles. The van der Waals surface area contributed by atoms with Crippen molar-refractivity contribution in [3.8, 4) is 0 Å². The second kappa shape index (κ2) is 5.30. The predicted octanol–water partition coefficient (Wildman–Crippen LogP) is 2.74. The van der Waals surface area contributed by atoms with E-state index in [1.165, 1.54) is 0 Å². The van der Waals surface area contributed by atoms with Gasteiger partial charge in [0.15, 0.2) is 5.82 Å². The Kier molecular flexibility index (Phi) is 3.76. The highest BCUT2D eigenvalue weighted by molar-refractivity contribution is 7.09. The van der Waals surface area contributed by atoms with E-state index >= 15 is 0 Å². The predicted molar refractivity (Wildman–Crippen MR) is 69.8 cm³/mol. The quantitative estimate of drug-likeness (QED) is 0.923. The SMILES string of the molecule is Cc1cc(NC(=O)Cc2csc(C(C)C)n2)no1. The Morgan fingerprint density at radius 3 is 2.89 bits per heavy atom. The summed E-state index contributed by atoms with van der Waals surface area (Å²) in [5, 5.41) is 9.35. The maximum Gasteiger partial charge on any atom is 0.231 e. The van der Waals surface area contributed by atoms with E-state index in [4.69, 9.17) is 4.52 Å². The molecule has 0 atom stereocenters. The molecule has 0 unspecified atom stereocenters. The number of hydrogen-bond acceptors (Lipinski definition) is 5. The minimum absolute atomic E-state index is 0.135. The standard InChI is InChI=1S/C12H15N3O2S/c1-7(2)12-13-9(6-18-12)5-11(16)14-10-4-8(3)17-15-10/h4,6-7H,5H2,1-3H3,(H,14,15,16). The van der Waals surface area contributed by atoms with Crippen LogP contribution in [-0.2, 0) is 11.2 Å². The van der Waals surface area contributed by atoms with Gasteiger partial charge in [-0.2, -0.15) is 0 Å². The smallest absolute Gasteiger partial charge is 0.231 e. The van der Waals surface area contributed by atoms with Crippen molar-refractivity contribution >= 4 is 23.1 Å². The van der Waals surface area contributed by atoms with Gasteiger partial charge in [-0.05, 0) is 6.92 Å². The van der Waals surface area contributed by atoms with Crippen LogP contribution in [0.1, 0.15) is 36.2 Å². The molecule has 2 aromatic rings. The minimum Gasteiger partial charge on any atom is -0.360 e. The van der Waals surface area contributed by atoms with Gasteiger partial charge in [0.25, 0.3) is 0 Å². The van der Waals surface area contributed by atoms with Crippen molar-refractivity contribution in [2.45, 2.75) is 33.1 Å². The number of rotatable bonds is 4. The topological polar surface area (TPSA) is 68.0 Å².